The molecule has 0 bridgehead atoms. The molecule has 1 heterocycles. The van der Waals surface area contributed by atoms with Crippen LogP contribution in [0.2, 0.25) is 0 Å². The molecule has 3 rings (SSSR count). The zero-order valence-electron chi connectivity index (χ0n) is 14.6. The summed E-state index contributed by atoms with van der Waals surface area (Å²) in [6.07, 6.45) is 1.82. The molecule has 2 aromatic carbocycles. The van der Waals surface area contributed by atoms with Gasteiger partial charge in [-0.3, -0.25) is 9.59 Å². The Balaban J connectivity index is 1.51. The van der Waals surface area contributed by atoms with Crippen LogP contribution in [0, 0.1) is 0 Å². The highest BCUT2D eigenvalue weighted by Gasteiger charge is 2.10. The van der Waals surface area contributed by atoms with Crippen molar-refractivity contribution in [2.75, 3.05) is 11.9 Å². The topological polar surface area (TPSA) is 76.0 Å². The van der Waals surface area contributed by atoms with Crippen LogP contribution in [0.5, 0.6) is 0 Å². The van der Waals surface area contributed by atoms with Crippen molar-refractivity contribution in [3.05, 3.63) is 82.5 Å². The van der Waals surface area contributed by atoms with E-state index in [1.54, 1.807) is 41.2 Å². The molecule has 2 amide bonds. The Bertz CT molecular complexity index is 924. The van der Waals surface area contributed by atoms with Crippen LogP contribution in [-0.4, -0.2) is 28.1 Å². The molecule has 27 heavy (non-hydrogen) atoms. The van der Waals surface area contributed by atoms with Gasteiger partial charge in [0.25, 0.3) is 5.91 Å². The first-order chi connectivity index (χ1) is 13.1. The number of benzene rings is 2. The van der Waals surface area contributed by atoms with E-state index >= 15 is 0 Å². The molecular weight excluding hydrogens is 408 g/mol. The Hall–Kier alpha value is -2.93. The summed E-state index contributed by atoms with van der Waals surface area (Å²) in [5.41, 5.74) is 1.64. The van der Waals surface area contributed by atoms with Crippen LogP contribution in [0.25, 0.3) is 0 Å². The minimum Gasteiger partial charge on any atom is -0.352 e. The molecule has 0 aliphatic heterocycles. The lowest BCUT2D eigenvalue weighted by molar-refractivity contribution is -0.116. The molecular formula is C20H19BrN4O2. The first kappa shape index (κ1) is 18.8. The molecule has 0 saturated heterocycles. The second-order valence-electron chi connectivity index (χ2n) is 5.89. The van der Waals surface area contributed by atoms with Crippen molar-refractivity contribution in [2.24, 2.45) is 0 Å². The summed E-state index contributed by atoms with van der Waals surface area (Å²) in [4.78, 5) is 24.2. The minimum absolute atomic E-state index is 0.179. The third kappa shape index (κ3) is 5.27. The van der Waals surface area contributed by atoms with Crippen molar-refractivity contribution < 1.29 is 9.59 Å². The zero-order valence-corrected chi connectivity index (χ0v) is 16.1. The smallest absolute Gasteiger partial charge is 0.251 e. The van der Waals surface area contributed by atoms with Gasteiger partial charge >= 0.3 is 0 Å². The highest BCUT2D eigenvalue weighted by atomic mass is 79.9. The fraction of sp³-hybridized carbons (Fsp3) is 0.150. The van der Waals surface area contributed by atoms with E-state index in [2.05, 4.69) is 31.7 Å². The summed E-state index contributed by atoms with van der Waals surface area (Å²) in [5.74, 6) is 0.241. The minimum atomic E-state index is -0.192. The Morgan fingerprint density at radius 3 is 2.52 bits per heavy atom. The SMILES string of the molecule is O=C(CCNC(=O)c1ccccc1)Nc1ccnn1Cc1ccccc1Br. The van der Waals surface area contributed by atoms with E-state index in [1.165, 1.54) is 0 Å². The van der Waals surface area contributed by atoms with Gasteiger partial charge in [-0.2, -0.15) is 5.10 Å². The Labute approximate surface area is 165 Å². The molecule has 0 unspecified atom stereocenters. The van der Waals surface area contributed by atoms with E-state index in [-0.39, 0.29) is 24.8 Å². The van der Waals surface area contributed by atoms with E-state index in [0.29, 0.717) is 17.9 Å². The Kier molecular flexibility index (Phi) is 6.38. The van der Waals surface area contributed by atoms with Gasteiger partial charge in [0.1, 0.15) is 5.82 Å². The largest absolute Gasteiger partial charge is 0.352 e. The lowest BCUT2D eigenvalue weighted by Gasteiger charge is -2.10. The molecule has 6 nitrogen and oxygen atoms in total. The first-order valence-electron chi connectivity index (χ1n) is 8.52. The molecule has 0 aliphatic rings. The van der Waals surface area contributed by atoms with Crippen molar-refractivity contribution >= 4 is 33.6 Å². The number of carbonyl (C=O) groups is 2. The summed E-state index contributed by atoms with van der Waals surface area (Å²) < 4.78 is 2.71. The van der Waals surface area contributed by atoms with Gasteiger partial charge in [-0.05, 0) is 23.8 Å². The maximum atomic E-state index is 12.2. The summed E-state index contributed by atoms with van der Waals surface area (Å²) in [6.45, 7) is 0.798. The second kappa shape index (κ2) is 9.14. The van der Waals surface area contributed by atoms with Crippen LogP contribution in [0.1, 0.15) is 22.3 Å². The van der Waals surface area contributed by atoms with Gasteiger partial charge in [0.2, 0.25) is 5.91 Å². The number of nitrogens with zero attached hydrogens (tertiary/aromatic N) is 2. The number of nitrogens with one attached hydrogen (secondary N) is 2. The number of carbonyl (C=O) groups excluding carboxylic acids is 2. The van der Waals surface area contributed by atoms with Crippen molar-refractivity contribution in [1.82, 2.24) is 15.1 Å². The van der Waals surface area contributed by atoms with E-state index in [4.69, 9.17) is 0 Å². The van der Waals surface area contributed by atoms with E-state index < -0.39 is 0 Å². The average Bonchev–Trinajstić information content (AvgIpc) is 3.11. The summed E-state index contributed by atoms with van der Waals surface area (Å²) in [6, 6.07) is 18.5. The molecule has 0 aliphatic carbocycles. The van der Waals surface area contributed by atoms with Crippen LogP contribution in [0.15, 0.2) is 71.3 Å². The van der Waals surface area contributed by atoms with Gasteiger partial charge in [0, 0.05) is 29.1 Å². The van der Waals surface area contributed by atoms with Gasteiger partial charge in [-0.25, -0.2) is 4.68 Å². The molecule has 2 N–H and O–H groups in total. The van der Waals surface area contributed by atoms with Gasteiger partial charge in [-0.15, -0.1) is 0 Å². The van der Waals surface area contributed by atoms with Gasteiger partial charge in [-0.1, -0.05) is 52.3 Å². The molecule has 3 aromatic rings. The molecule has 0 spiro atoms. The molecule has 138 valence electrons. The number of hydrogen-bond acceptors (Lipinski definition) is 3. The van der Waals surface area contributed by atoms with Crippen molar-refractivity contribution in [3.8, 4) is 0 Å². The predicted molar refractivity (Wildman–Crippen MR) is 107 cm³/mol. The molecule has 0 atom stereocenters. The van der Waals surface area contributed by atoms with Crippen LogP contribution in [0.3, 0.4) is 0 Å². The third-order valence-corrected chi connectivity index (χ3v) is 4.71. The predicted octanol–water partition coefficient (Wildman–Crippen LogP) is 3.45. The molecule has 7 heteroatoms. The van der Waals surface area contributed by atoms with E-state index in [9.17, 15) is 9.59 Å². The number of amides is 2. The summed E-state index contributed by atoms with van der Waals surface area (Å²) >= 11 is 3.52. The first-order valence-corrected chi connectivity index (χ1v) is 9.31. The fourth-order valence-corrected chi connectivity index (χ4v) is 2.95. The average molecular weight is 427 g/mol. The maximum Gasteiger partial charge on any atom is 0.251 e. The van der Waals surface area contributed by atoms with Crippen LogP contribution >= 0.6 is 15.9 Å². The Morgan fingerprint density at radius 1 is 1.00 bits per heavy atom. The van der Waals surface area contributed by atoms with E-state index in [0.717, 1.165) is 10.0 Å². The van der Waals surface area contributed by atoms with Gasteiger partial charge in [0.15, 0.2) is 0 Å². The van der Waals surface area contributed by atoms with Gasteiger partial charge < -0.3 is 10.6 Å². The second-order valence-corrected chi connectivity index (χ2v) is 6.74. The number of anilines is 1. The Morgan fingerprint density at radius 2 is 1.74 bits per heavy atom. The van der Waals surface area contributed by atoms with Crippen LogP contribution in [0.4, 0.5) is 5.82 Å². The van der Waals surface area contributed by atoms with Crippen molar-refractivity contribution in [2.45, 2.75) is 13.0 Å². The normalized spacial score (nSPS) is 10.4. The van der Waals surface area contributed by atoms with Gasteiger partial charge in [0.05, 0.1) is 12.7 Å². The highest BCUT2D eigenvalue weighted by molar-refractivity contribution is 9.10. The number of aromatic nitrogens is 2. The molecule has 0 radical (unpaired) electrons. The van der Waals surface area contributed by atoms with Crippen LogP contribution in [-0.2, 0) is 11.3 Å². The highest BCUT2D eigenvalue weighted by Crippen LogP contribution is 2.18. The third-order valence-electron chi connectivity index (χ3n) is 3.94. The van der Waals surface area contributed by atoms with Crippen molar-refractivity contribution in [3.63, 3.8) is 0 Å². The zero-order chi connectivity index (χ0) is 19.1. The molecule has 1 aromatic heterocycles. The summed E-state index contributed by atoms with van der Waals surface area (Å²) in [7, 11) is 0. The number of halogens is 1. The molecule has 0 fully saturated rings. The van der Waals surface area contributed by atoms with E-state index in [1.807, 2.05) is 30.3 Å². The lowest BCUT2D eigenvalue weighted by Crippen LogP contribution is -2.28. The number of rotatable bonds is 7. The lowest BCUT2D eigenvalue weighted by atomic mass is 10.2. The monoisotopic (exact) mass is 426 g/mol. The maximum absolute atomic E-state index is 12.2. The van der Waals surface area contributed by atoms with Crippen molar-refractivity contribution in [1.29, 1.82) is 0 Å². The summed E-state index contributed by atoms with van der Waals surface area (Å²) in [5, 5.41) is 9.85. The fourth-order valence-electron chi connectivity index (χ4n) is 2.54. The van der Waals surface area contributed by atoms with Crippen LogP contribution < -0.4 is 10.6 Å². The number of hydrogen-bond donors (Lipinski definition) is 2. The quantitative estimate of drug-likeness (QED) is 0.607. The molecule has 0 saturated carbocycles. The standard InChI is InChI=1S/C20H19BrN4O2/c21-17-9-5-4-8-16(17)14-25-18(10-13-23-25)24-19(26)11-12-22-20(27)15-6-2-1-3-7-15/h1-10,13H,11-12,14H2,(H,22,27)(H,24,26).